The van der Waals surface area contributed by atoms with E-state index in [4.69, 9.17) is 16.6 Å². The van der Waals surface area contributed by atoms with E-state index < -0.39 is 0 Å². The lowest BCUT2D eigenvalue weighted by Crippen LogP contribution is -2.23. The molecular formula is C18H19NO2S2. The van der Waals surface area contributed by atoms with Gasteiger partial charge in [-0.25, -0.2) is 4.79 Å². The summed E-state index contributed by atoms with van der Waals surface area (Å²) in [6.45, 7) is 2.13. The van der Waals surface area contributed by atoms with Crippen molar-refractivity contribution in [3.05, 3.63) is 45.3 Å². The van der Waals surface area contributed by atoms with E-state index in [1.54, 1.807) is 17.8 Å². The van der Waals surface area contributed by atoms with Gasteiger partial charge in [0.15, 0.2) is 0 Å². The fraction of sp³-hybridized carbons (Fsp3) is 0.444. The minimum absolute atomic E-state index is 0.266. The molecule has 0 amide bonds. The van der Waals surface area contributed by atoms with Gasteiger partial charge in [-0.15, -0.1) is 0 Å². The standard InChI is InChI=1S/C18H19NO2S2/c20-17-10-14(11-23-18(22)19-6-1-2-7-19)15-8-12-4-3-5-13(12)9-16(15)21-17/h8-10H,1-7,11H2. The zero-order valence-corrected chi connectivity index (χ0v) is 14.6. The van der Waals surface area contributed by atoms with E-state index in [-0.39, 0.29) is 5.63 Å². The average molecular weight is 345 g/mol. The number of rotatable bonds is 2. The number of fused-ring (bicyclic) bond motifs is 2. The fourth-order valence-electron chi connectivity index (χ4n) is 3.54. The Hall–Kier alpha value is -1.33. The number of thiocarbonyl (C=S) groups is 1. The first-order valence-electron chi connectivity index (χ1n) is 8.21. The molecule has 1 aromatic heterocycles. The van der Waals surface area contributed by atoms with Crippen LogP contribution in [0, 0.1) is 0 Å². The molecule has 1 fully saturated rings. The molecular weight excluding hydrogens is 326 g/mol. The molecule has 5 heteroatoms. The van der Waals surface area contributed by atoms with Gasteiger partial charge in [0.1, 0.15) is 9.90 Å². The lowest BCUT2D eigenvalue weighted by atomic mass is 10.0. The van der Waals surface area contributed by atoms with Gasteiger partial charge in [-0.1, -0.05) is 24.0 Å². The van der Waals surface area contributed by atoms with Crippen LogP contribution in [0.25, 0.3) is 11.0 Å². The maximum Gasteiger partial charge on any atom is 0.336 e. The van der Waals surface area contributed by atoms with Crippen LogP contribution in [0.3, 0.4) is 0 Å². The molecule has 3 nitrogen and oxygen atoms in total. The average Bonchev–Trinajstić information content (AvgIpc) is 3.21. The molecule has 0 unspecified atom stereocenters. The van der Waals surface area contributed by atoms with Crippen molar-refractivity contribution < 1.29 is 4.42 Å². The monoisotopic (exact) mass is 345 g/mol. The highest BCUT2D eigenvalue weighted by molar-refractivity contribution is 8.22. The van der Waals surface area contributed by atoms with Crippen LogP contribution in [0.2, 0.25) is 0 Å². The number of nitrogens with zero attached hydrogens (tertiary/aromatic N) is 1. The van der Waals surface area contributed by atoms with Gasteiger partial charge in [0, 0.05) is 30.3 Å². The minimum Gasteiger partial charge on any atom is -0.423 e. The first-order valence-corrected chi connectivity index (χ1v) is 9.60. The maximum atomic E-state index is 11.9. The Bertz CT molecular complexity index is 822. The Morgan fingerprint density at radius 2 is 1.87 bits per heavy atom. The molecule has 0 bridgehead atoms. The van der Waals surface area contributed by atoms with Crippen LogP contribution in [-0.4, -0.2) is 22.3 Å². The van der Waals surface area contributed by atoms with Crippen molar-refractivity contribution in [3.8, 4) is 0 Å². The van der Waals surface area contributed by atoms with Crippen LogP contribution in [0.15, 0.2) is 27.4 Å². The van der Waals surface area contributed by atoms with Gasteiger partial charge in [0.25, 0.3) is 0 Å². The summed E-state index contributed by atoms with van der Waals surface area (Å²) in [5.41, 5.74) is 4.23. The third-order valence-corrected chi connectivity index (χ3v) is 6.33. The molecule has 1 aliphatic carbocycles. The largest absolute Gasteiger partial charge is 0.423 e. The maximum absolute atomic E-state index is 11.9. The second kappa shape index (κ2) is 6.29. The highest BCUT2D eigenvalue weighted by atomic mass is 32.2. The smallest absolute Gasteiger partial charge is 0.336 e. The van der Waals surface area contributed by atoms with E-state index in [1.165, 1.54) is 30.4 Å². The van der Waals surface area contributed by atoms with Gasteiger partial charge in [-0.2, -0.15) is 0 Å². The van der Waals surface area contributed by atoms with E-state index in [1.807, 2.05) is 0 Å². The summed E-state index contributed by atoms with van der Waals surface area (Å²) in [7, 11) is 0. The Morgan fingerprint density at radius 3 is 2.65 bits per heavy atom. The molecule has 120 valence electrons. The third kappa shape index (κ3) is 3.04. The van der Waals surface area contributed by atoms with Gasteiger partial charge in [-0.3, -0.25) is 0 Å². The lowest BCUT2D eigenvalue weighted by molar-refractivity contribution is 0.539. The molecule has 23 heavy (non-hydrogen) atoms. The van der Waals surface area contributed by atoms with Crippen LogP contribution >= 0.6 is 24.0 Å². The van der Waals surface area contributed by atoms with Crippen LogP contribution in [0.4, 0.5) is 0 Å². The molecule has 2 aromatic rings. The number of benzene rings is 1. The van der Waals surface area contributed by atoms with E-state index in [0.717, 1.165) is 52.5 Å². The first kappa shape index (κ1) is 15.2. The summed E-state index contributed by atoms with van der Waals surface area (Å²) in [6.07, 6.45) is 5.87. The Morgan fingerprint density at radius 1 is 1.13 bits per heavy atom. The Labute approximate surface area is 145 Å². The summed E-state index contributed by atoms with van der Waals surface area (Å²) >= 11 is 7.20. The van der Waals surface area contributed by atoms with Crippen molar-refractivity contribution in [1.82, 2.24) is 4.90 Å². The Kier molecular flexibility index (Phi) is 4.16. The first-order chi connectivity index (χ1) is 11.2. The minimum atomic E-state index is -0.266. The third-order valence-electron chi connectivity index (χ3n) is 4.76. The fourth-order valence-corrected chi connectivity index (χ4v) is 4.79. The number of likely N-dealkylation sites (tertiary alicyclic amines) is 1. The Balaban J connectivity index is 1.63. The zero-order chi connectivity index (χ0) is 15.8. The molecule has 4 rings (SSSR count). The summed E-state index contributed by atoms with van der Waals surface area (Å²) in [5.74, 6) is 0.732. The van der Waals surface area contributed by atoms with Crippen LogP contribution < -0.4 is 5.63 Å². The van der Waals surface area contributed by atoms with Crippen LogP contribution in [0.1, 0.15) is 36.0 Å². The topological polar surface area (TPSA) is 33.5 Å². The van der Waals surface area contributed by atoms with Gasteiger partial charge >= 0.3 is 5.63 Å². The van der Waals surface area contributed by atoms with Crippen molar-refractivity contribution in [2.24, 2.45) is 0 Å². The molecule has 0 N–H and O–H groups in total. The van der Waals surface area contributed by atoms with Gasteiger partial charge in [-0.05, 0) is 60.9 Å². The highest BCUT2D eigenvalue weighted by Crippen LogP contribution is 2.30. The summed E-state index contributed by atoms with van der Waals surface area (Å²) < 4.78 is 6.38. The summed E-state index contributed by atoms with van der Waals surface area (Å²) in [6, 6.07) is 5.91. The molecule has 2 heterocycles. The van der Waals surface area contributed by atoms with Gasteiger partial charge in [0.05, 0.1) is 0 Å². The quantitative estimate of drug-likeness (QED) is 0.609. The molecule has 1 aromatic carbocycles. The lowest BCUT2D eigenvalue weighted by Gasteiger charge is -2.17. The molecule has 1 saturated heterocycles. The van der Waals surface area contributed by atoms with Crippen molar-refractivity contribution in [2.75, 3.05) is 13.1 Å². The van der Waals surface area contributed by atoms with Crippen LogP contribution in [-0.2, 0) is 18.6 Å². The summed E-state index contributed by atoms with van der Waals surface area (Å²) in [5, 5.41) is 1.07. The molecule has 0 saturated carbocycles. The second-order valence-electron chi connectivity index (χ2n) is 6.31. The zero-order valence-electron chi connectivity index (χ0n) is 13.0. The SMILES string of the molecule is O=c1cc(CSC(=S)N2CCCC2)c2cc3c(cc2o1)CCC3. The number of hydrogen-bond acceptors (Lipinski definition) is 4. The molecule has 2 aliphatic rings. The molecule has 0 radical (unpaired) electrons. The normalized spacial score (nSPS) is 17.0. The summed E-state index contributed by atoms with van der Waals surface area (Å²) in [4.78, 5) is 14.2. The van der Waals surface area contributed by atoms with E-state index in [2.05, 4.69) is 17.0 Å². The van der Waals surface area contributed by atoms with Crippen molar-refractivity contribution in [1.29, 1.82) is 0 Å². The van der Waals surface area contributed by atoms with E-state index >= 15 is 0 Å². The van der Waals surface area contributed by atoms with Gasteiger partial charge < -0.3 is 9.32 Å². The van der Waals surface area contributed by atoms with Crippen molar-refractivity contribution in [2.45, 2.75) is 37.9 Å². The number of aryl methyl sites for hydroxylation is 2. The predicted molar refractivity (Wildman–Crippen MR) is 99.2 cm³/mol. The number of hydrogen-bond donors (Lipinski definition) is 0. The van der Waals surface area contributed by atoms with E-state index in [9.17, 15) is 4.79 Å². The van der Waals surface area contributed by atoms with Crippen molar-refractivity contribution >= 4 is 39.3 Å². The molecule has 0 atom stereocenters. The highest BCUT2D eigenvalue weighted by Gasteiger charge is 2.18. The number of thioether (sulfide) groups is 1. The van der Waals surface area contributed by atoms with E-state index in [0.29, 0.717) is 0 Å². The second-order valence-corrected chi connectivity index (χ2v) is 7.92. The predicted octanol–water partition coefficient (Wildman–Crippen LogP) is 3.90. The van der Waals surface area contributed by atoms with Crippen molar-refractivity contribution in [3.63, 3.8) is 0 Å². The van der Waals surface area contributed by atoms with Crippen LogP contribution in [0.5, 0.6) is 0 Å². The molecule has 0 spiro atoms. The van der Waals surface area contributed by atoms with Gasteiger partial charge in [0.2, 0.25) is 0 Å². The molecule has 1 aliphatic heterocycles.